The molecule has 146 valence electrons. The standard InChI is InChI=1S/C21H40O3Si/c1-7-8-9-10-17(24-25(5,6)21(2,3)4)13-11-16-12-14-19-18(16)15-20(22)23-19/h11,13,16-20,22H,7-10,12,14-15H2,1-6H3/t16?,17?,18?,19?,20-/m0/s1. The Labute approximate surface area is 156 Å². The smallest absolute Gasteiger partial charge is 0.192 e. The molecule has 5 atom stereocenters. The number of ether oxygens (including phenoxy) is 1. The van der Waals surface area contributed by atoms with Crippen LogP contribution in [0.3, 0.4) is 0 Å². The van der Waals surface area contributed by atoms with Gasteiger partial charge in [0.25, 0.3) is 0 Å². The van der Waals surface area contributed by atoms with Crippen molar-refractivity contribution in [3.8, 4) is 0 Å². The van der Waals surface area contributed by atoms with Crippen LogP contribution in [0.15, 0.2) is 12.2 Å². The number of aliphatic hydroxyl groups is 1. The van der Waals surface area contributed by atoms with Crippen LogP contribution < -0.4 is 0 Å². The van der Waals surface area contributed by atoms with E-state index in [-0.39, 0.29) is 17.2 Å². The zero-order valence-corrected chi connectivity index (χ0v) is 18.3. The van der Waals surface area contributed by atoms with Crippen molar-refractivity contribution in [3.63, 3.8) is 0 Å². The fourth-order valence-corrected chi connectivity index (χ4v) is 5.20. The van der Waals surface area contributed by atoms with Crippen LogP contribution in [0.25, 0.3) is 0 Å². The predicted octanol–water partition coefficient (Wildman–Crippen LogP) is 5.65. The largest absolute Gasteiger partial charge is 0.411 e. The Morgan fingerprint density at radius 2 is 1.96 bits per heavy atom. The zero-order chi connectivity index (χ0) is 18.7. The first-order valence-corrected chi connectivity index (χ1v) is 13.2. The van der Waals surface area contributed by atoms with E-state index in [1.807, 2.05) is 0 Å². The highest BCUT2D eigenvalue weighted by molar-refractivity contribution is 6.74. The first-order chi connectivity index (χ1) is 11.6. The summed E-state index contributed by atoms with van der Waals surface area (Å²) in [7, 11) is -1.76. The van der Waals surface area contributed by atoms with Gasteiger partial charge in [-0.25, -0.2) is 0 Å². The van der Waals surface area contributed by atoms with Crippen LogP contribution in [0.2, 0.25) is 18.1 Å². The van der Waals surface area contributed by atoms with Gasteiger partial charge in [-0.3, -0.25) is 0 Å². The number of unbranched alkanes of at least 4 members (excludes halogenated alkanes) is 2. The Balaban J connectivity index is 2.00. The number of hydrogen-bond acceptors (Lipinski definition) is 3. The number of aliphatic hydroxyl groups excluding tert-OH is 1. The van der Waals surface area contributed by atoms with Crippen LogP contribution in [0.1, 0.15) is 72.6 Å². The summed E-state index contributed by atoms with van der Waals surface area (Å²) in [6.07, 6.45) is 12.6. The number of fused-ring (bicyclic) bond motifs is 1. The lowest BCUT2D eigenvalue weighted by Crippen LogP contribution is -2.43. The molecule has 3 nitrogen and oxygen atoms in total. The summed E-state index contributed by atoms with van der Waals surface area (Å²) in [6.45, 7) is 13.9. The van der Waals surface area contributed by atoms with Crippen LogP contribution in [-0.4, -0.2) is 31.9 Å². The minimum absolute atomic E-state index is 0.235. The molecule has 2 aliphatic rings. The SMILES string of the molecule is CCCCCC(C=CC1CCC2O[C@H](O)CC12)O[Si](C)(C)C(C)(C)C. The fourth-order valence-electron chi connectivity index (χ4n) is 3.90. The molecular formula is C21H40O3Si. The highest BCUT2D eigenvalue weighted by atomic mass is 28.4. The van der Waals surface area contributed by atoms with Crippen LogP contribution in [0, 0.1) is 11.8 Å². The molecule has 0 aromatic carbocycles. The van der Waals surface area contributed by atoms with Crippen LogP contribution >= 0.6 is 0 Å². The lowest BCUT2D eigenvalue weighted by atomic mass is 9.92. The van der Waals surface area contributed by atoms with Crippen molar-refractivity contribution in [1.29, 1.82) is 0 Å². The molecule has 25 heavy (non-hydrogen) atoms. The van der Waals surface area contributed by atoms with E-state index in [0.717, 1.165) is 19.3 Å². The highest BCUT2D eigenvalue weighted by Crippen LogP contribution is 2.43. The van der Waals surface area contributed by atoms with Gasteiger partial charge < -0.3 is 14.3 Å². The molecule has 1 heterocycles. The Bertz CT molecular complexity index is 441. The van der Waals surface area contributed by atoms with Gasteiger partial charge >= 0.3 is 0 Å². The van der Waals surface area contributed by atoms with E-state index >= 15 is 0 Å². The molecule has 1 saturated heterocycles. The van der Waals surface area contributed by atoms with E-state index in [0.29, 0.717) is 11.8 Å². The quantitative estimate of drug-likeness (QED) is 0.342. The van der Waals surface area contributed by atoms with Crippen molar-refractivity contribution < 1.29 is 14.3 Å². The second kappa shape index (κ2) is 8.68. The number of allylic oxidation sites excluding steroid dienone is 1. The average molecular weight is 369 g/mol. The second-order valence-corrected chi connectivity index (χ2v) is 14.3. The van der Waals surface area contributed by atoms with E-state index in [2.05, 4.69) is 52.9 Å². The Morgan fingerprint density at radius 1 is 1.24 bits per heavy atom. The molecule has 0 aromatic heterocycles. The minimum Gasteiger partial charge on any atom is -0.411 e. The van der Waals surface area contributed by atoms with Crippen molar-refractivity contribution in [1.82, 2.24) is 0 Å². The molecule has 4 unspecified atom stereocenters. The zero-order valence-electron chi connectivity index (χ0n) is 17.3. The van der Waals surface area contributed by atoms with Gasteiger partial charge in [-0.15, -0.1) is 0 Å². The van der Waals surface area contributed by atoms with Crippen LogP contribution in [0.5, 0.6) is 0 Å². The normalized spacial score (nSPS) is 31.6. The molecule has 1 aliphatic heterocycles. The fraction of sp³-hybridized carbons (Fsp3) is 0.905. The van der Waals surface area contributed by atoms with Gasteiger partial charge in [0.05, 0.1) is 12.2 Å². The van der Waals surface area contributed by atoms with Crippen molar-refractivity contribution in [2.45, 2.75) is 109 Å². The van der Waals surface area contributed by atoms with Crippen LogP contribution in [0.4, 0.5) is 0 Å². The van der Waals surface area contributed by atoms with Gasteiger partial charge in [-0.05, 0) is 49.2 Å². The summed E-state index contributed by atoms with van der Waals surface area (Å²) >= 11 is 0. The van der Waals surface area contributed by atoms with Crippen molar-refractivity contribution in [2.75, 3.05) is 0 Å². The molecule has 0 spiro atoms. The third kappa shape index (κ3) is 5.65. The maximum Gasteiger partial charge on any atom is 0.192 e. The van der Waals surface area contributed by atoms with Gasteiger partial charge in [0.2, 0.25) is 0 Å². The van der Waals surface area contributed by atoms with Gasteiger partial charge in [-0.1, -0.05) is 59.1 Å². The monoisotopic (exact) mass is 368 g/mol. The molecule has 1 aliphatic carbocycles. The Morgan fingerprint density at radius 3 is 2.60 bits per heavy atom. The molecule has 2 rings (SSSR count). The highest BCUT2D eigenvalue weighted by Gasteiger charge is 2.43. The summed E-state index contributed by atoms with van der Waals surface area (Å²) in [6, 6.07) is 0. The van der Waals surface area contributed by atoms with Crippen molar-refractivity contribution in [3.05, 3.63) is 12.2 Å². The number of hydrogen-bond donors (Lipinski definition) is 1. The first-order valence-electron chi connectivity index (χ1n) is 10.3. The molecule has 4 heteroatoms. The van der Waals surface area contributed by atoms with Gasteiger partial charge in [0.1, 0.15) is 0 Å². The molecule has 0 amide bonds. The lowest BCUT2D eigenvalue weighted by molar-refractivity contribution is -0.0906. The molecule has 2 fully saturated rings. The summed E-state index contributed by atoms with van der Waals surface area (Å²) in [5, 5.41) is 9.99. The number of rotatable bonds is 8. The summed E-state index contributed by atoms with van der Waals surface area (Å²) in [4.78, 5) is 0. The van der Waals surface area contributed by atoms with E-state index in [1.54, 1.807) is 0 Å². The maximum absolute atomic E-state index is 9.75. The molecule has 0 aromatic rings. The third-order valence-electron chi connectivity index (χ3n) is 6.54. The lowest BCUT2D eigenvalue weighted by Gasteiger charge is -2.38. The second-order valence-electron chi connectivity index (χ2n) is 9.57. The molecule has 0 bridgehead atoms. The van der Waals surface area contributed by atoms with Crippen LogP contribution in [-0.2, 0) is 9.16 Å². The summed E-state index contributed by atoms with van der Waals surface area (Å²) in [5.74, 6) is 1.04. The topological polar surface area (TPSA) is 38.7 Å². The van der Waals surface area contributed by atoms with Gasteiger partial charge in [0.15, 0.2) is 14.6 Å². The van der Waals surface area contributed by atoms with E-state index in [9.17, 15) is 5.11 Å². The Kier molecular flexibility index (Phi) is 7.34. The van der Waals surface area contributed by atoms with Crippen molar-refractivity contribution in [2.24, 2.45) is 11.8 Å². The van der Waals surface area contributed by atoms with E-state index in [1.165, 1.54) is 25.7 Å². The maximum atomic E-state index is 9.75. The molecule has 1 saturated carbocycles. The first kappa shape index (κ1) is 21.1. The summed E-state index contributed by atoms with van der Waals surface area (Å²) < 4.78 is 12.3. The van der Waals surface area contributed by atoms with Gasteiger partial charge in [-0.2, -0.15) is 0 Å². The predicted molar refractivity (Wildman–Crippen MR) is 107 cm³/mol. The third-order valence-corrected chi connectivity index (χ3v) is 11.0. The average Bonchev–Trinajstić information content (AvgIpc) is 3.02. The minimum atomic E-state index is -1.76. The van der Waals surface area contributed by atoms with Crippen molar-refractivity contribution >= 4 is 8.32 Å². The molecule has 0 radical (unpaired) electrons. The Hall–Kier alpha value is -0.163. The molecule has 1 N–H and O–H groups in total. The molecular weight excluding hydrogens is 328 g/mol. The van der Waals surface area contributed by atoms with Gasteiger partial charge in [0, 0.05) is 6.42 Å². The van der Waals surface area contributed by atoms with E-state index in [4.69, 9.17) is 9.16 Å². The van der Waals surface area contributed by atoms with E-state index < -0.39 is 14.6 Å². The summed E-state index contributed by atoms with van der Waals surface area (Å²) in [5.41, 5.74) is 0.